The molecular formula is C15H20FN3O2. The first kappa shape index (κ1) is 15.3. The molecule has 1 aromatic carbocycles. The van der Waals surface area contributed by atoms with Crippen molar-refractivity contribution in [3.63, 3.8) is 0 Å². The molecule has 0 radical (unpaired) electrons. The number of carbonyl (C=O) groups is 2. The smallest absolute Gasteiger partial charge is 0.223 e. The highest BCUT2D eigenvalue weighted by atomic mass is 19.1. The molecule has 1 unspecified atom stereocenters. The number of benzene rings is 1. The van der Waals surface area contributed by atoms with Crippen LogP contribution in [0.15, 0.2) is 18.2 Å². The summed E-state index contributed by atoms with van der Waals surface area (Å²) in [4.78, 5) is 24.9. The van der Waals surface area contributed by atoms with E-state index in [2.05, 4.69) is 10.6 Å². The summed E-state index contributed by atoms with van der Waals surface area (Å²) < 4.78 is 13.8. The quantitative estimate of drug-likeness (QED) is 0.872. The summed E-state index contributed by atoms with van der Waals surface area (Å²) in [6, 6.07) is 4.89. The first-order chi connectivity index (χ1) is 9.97. The molecule has 1 aromatic rings. The second kappa shape index (κ2) is 6.56. The molecule has 2 rings (SSSR count). The van der Waals surface area contributed by atoms with Crippen LogP contribution in [0.25, 0.3) is 0 Å². The van der Waals surface area contributed by atoms with Gasteiger partial charge in [-0.15, -0.1) is 0 Å². The maximum atomic E-state index is 13.8. The van der Waals surface area contributed by atoms with Crippen molar-refractivity contribution in [2.24, 2.45) is 5.92 Å². The van der Waals surface area contributed by atoms with Gasteiger partial charge >= 0.3 is 0 Å². The van der Waals surface area contributed by atoms with Crippen LogP contribution in [-0.2, 0) is 16.1 Å². The van der Waals surface area contributed by atoms with Gasteiger partial charge in [-0.25, -0.2) is 4.39 Å². The van der Waals surface area contributed by atoms with E-state index >= 15 is 0 Å². The Morgan fingerprint density at radius 3 is 2.86 bits per heavy atom. The van der Waals surface area contributed by atoms with Gasteiger partial charge in [-0.1, -0.05) is 6.07 Å². The predicted octanol–water partition coefficient (Wildman–Crippen LogP) is 1.03. The van der Waals surface area contributed by atoms with E-state index in [0.29, 0.717) is 24.2 Å². The van der Waals surface area contributed by atoms with Crippen LogP contribution in [-0.4, -0.2) is 32.5 Å². The predicted molar refractivity (Wildman–Crippen MR) is 78.3 cm³/mol. The largest absolute Gasteiger partial charge is 0.375 e. The minimum Gasteiger partial charge on any atom is -0.375 e. The third kappa shape index (κ3) is 3.93. The van der Waals surface area contributed by atoms with E-state index in [0.717, 1.165) is 0 Å². The average molecular weight is 293 g/mol. The zero-order chi connectivity index (χ0) is 15.4. The Morgan fingerprint density at radius 1 is 1.48 bits per heavy atom. The van der Waals surface area contributed by atoms with Crippen LogP contribution < -0.4 is 15.5 Å². The molecule has 1 aliphatic rings. The highest BCUT2D eigenvalue weighted by Gasteiger charge is 2.25. The summed E-state index contributed by atoms with van der Waals surface area (Å²) in [6.07, 6.45) is 0.866. The zero-order valence-electron chi connectivity index (χ0n) is 12.3. The lowest BCUT2D eigenvalue weighted by atomic mass is 9.96. The van der Waals surface area contributed by atoms with Crippen LogP contribution in [0.4, 0.5) is 10.1 Å². The lowest BCUT2D eigenvalue weighted by molar-refractivity contribution is -0.132. The van der Waals surface area contributed by atoms with Crippen molar-refractivity contribution < 1.29 is 14.0 Å². The van der Waals surface area contributed by atoms with Crippen LogP contribution in [0.1, 0.15) is 18.4 Å². The Bertz CT molecular complexity index is 546. The van der Waals surface area contributed by atoms with Gasteiger partial charge in [0.1, 0.15) is 5.82 Å². The monoisotopic (exact) mass is 293 g/mol. The Hall–Kier alpha value is -2.11. The maximum Gasteiger partial charge on any atom is 0.223 e. The second-order valence-electron chi connectivity index (χ2n) is 5.44. The van der Waals surface area contributed by atoms with Crippen molar-refractivity contribution in [2.75, 3.05) is 25.5 Å². The van der Waals surface area contributed by atoms with Crippen molar-refractivity contribution >= 4 is 17.5 Å². The highest BCUT2D eigenvalue weighted by Crippen LogP contribution is 2.18. The number of piperidine rings is 1. The molecule has 6 heteroatoms. The standard InChI is InChI=1S/C15H20FN3O2/c1-19(2)13-4-3-10(7-12(13)16)9-18-15(21)11-5-6-17-14(20)8-11/h3-4,7,11H,5-6,8-9H2,1-2H3,(H,17,20)(H,18,21). The van der Waals surface area contributed by atoms with E-state index in [-0.39, 0.29) is 36.5 Å². The fraction of sp³-hybridized carbons (Fsp3) is 0.467. The highest BCUT2D eigenvalue weighted by molar-refractivity contribution is 5.86. The molecule has 21 heavy (non-hydrogen) atoms. The third-order valence-corrected chi connectivity index (χ3v) is 3.58. The number of anilines is 1. The van der Waals surface area contributed by atoms with Gasteiger partial charge in [-0.05, 0) is 24.1 Å². The summed E-state index contributed by atoms with van der Waals surface area (Å²) >= 11 is 0. The van der Waals surface area contributed by atoms with Crippen molar-refractivity contribution in [2.45, 2.75) is 19.4 Å². The van der Waals surface area contributed by atoms with Crippen LogP contribution in [0, 0.1) is 11.7 Å². The van der Waals surface area contributed by atoms with Crippen molar-refractivity contribution in [1.82, 2.24) is 10.6 Å². The Morgan fingerprint density at radius 2 is 2.24 bits per heavy atom. The van der Waals surface area contributed by atoms with Gasteiger partial charge in [-0.3, -0.25) is 9.59 Å². The van der Waals surface area contributed by atoms with Crippen molar-refractivity contribution in [3.8, 4) is 0 Å². The fourth-order valence-corrected chi connectivity index (χ4v) is 2.36. The van der Waals surface area contributed by atoms with Gasteiger partial charge in [0.2, 0.25) is 11.8 Å². The van der Waals surface area contributed by atoms with E-state index in [1.54, 1.807) is 31.1 Å². The summed E-state index contributed by atoms with van der Waals surface area (Å²) in [6.45, 7) is 0.796. The minimum atomic E-state index is -0.316. The van der Waals surface area contributed by atoms with Gasteiger partial charge in [0.05, 0.1) is 5.69 Å². The molecule has 5 nitrogen and oxygen atoms in total. The lowest BCUT2D eigenvalue weighted by Gasteiger charge is -2.21. The molecule has 0 aliphatic carbocycles. The molecule has 1 atom stereocenters. The van der Waals surface area contributed by atoms with E-state index in [1.165, 1.54) is 6.07 Å². The normalized spacial score (nSPS) is 18.0. The molecule has 2 N–H and O–H groups in total. The van der Waals surface area contributed by atoms with Gasteiger partial charge in [0.25, 0.3) is 0 Å². The van der Waals surface area contributed by atoms with Gasteiger partial charge in [0, 0.05) is 39.5 Å². The molecule has 1 fully saturated rings. The van der Waals surface area contributed by atoms with Gasteiger partial charge in [-0.2, -0.15) is 0 Å². The number of nitrogens with one attached hydrogen (secondary N) is 2. The lowest BCUT2D eigenvalue weighted by Crippen LogP contribution is -2.40. The van der Waals surface area contributed by atoms with Crippen LogP contribution >= 0.6 is 0 Å². The summed E-state index contributed by atoms with van der Waals surface area (Å²) in [5, 5.41) is 5.46. The molecule has 114 valence electrons. The first-order valence-corrected chi connectivity index (χ1v) is 6.97. The van der Waals surface area contributed by atoms with E-state index in [4.69, 9.17) is 0 Å². The van der Waals surface area contributed by atoms with Gasteiger partial charge in [0.15, 0.2) is 0 Å². The maximum absolute atomic E-state index is 13.8. The molecule has 2 amide bonds. The third-order valence-electron chi connectivity index (χ3n) is 3.58. The Kier molecular flexibility index (Phi) is 4.77. The van der Waals surface area contributed by atoms with Crippen LogP contribution in [0.2, 0.25) is 0 Å². The molecule has 0 spiro atoms. The minimum absolute atomic E-state index is 0.0946. The van der Waals surface area contributed by atoms with Crippen LogP contribution in [0.3, 0.4) is 0 Å². The molecule has 1 saturated heterocycles. The average Bonchev–Trinajstić information content (AvgIpc) is 2.44. The number of halogens is 1. The van der Waals surface area contributed by atoms with Crippen molar-refractivity contribution in [3.05, 3.63) is 29.6 Å². The fourth-order valence-electron chi connectivity index (χ4n) is 2.36. The molecule has 1 aliphatic heterocycles. The van der Waals surface area contributed by atoms with E-state index in [9.17, 15) is 14.0 Å². The number of rotatable bonds is 4. The number of nitrogens with zero attached hydrogens (tertiary/aromatic N) is 1. The molecule has 0 bridgehead atoms. The number of amides is 2. The zero-order valence-corrected chi connectivity index (χ0v) is 12.3. The van der Waals surface area contributed by atoms with E-state index < -0.39 is 0 Å². The summed E-state index contributed by atoms with van der Waals surface area (Å²) in [5.41, 5.74) is 1.21. The van der Waals surface area contributed by atoms with Gasteiger partial charge < -0.3 is 15.5 Å². The Balaban J connectivity index is 1.92. The molecular weight excluding hydrogens is 273 g/mol. The number of hydrogen-bond acceptors (Lipinski definition) is 3. The number of hydrogen-bond donors (Lipinski definition) is 2. The van der Waals surface area contributed by atoms with E-state index in [1.807, 2.05) is 0 Å². The molecule has 1 heterocycles. The molecule has 0 aromatic heterocycles. The summed E-state index contributed by atoms with van der Waals surface area (Å²) in [5.74, 6) is -0.849. The first-order valence-electron chi connectivity index (χ1n) is 6.97. The second-order valence-corrected chi connectivity index (χ2v) is 5.44. The van der Waals surface area contributed by atoms with Crippen molar-refractivity contribution in [1.29, 1.82) is 0 Å². The Labute approximate surface area is 123 Å². The SMILES string of the molecule is CN(C)c1ccc(CNC(=O)C2CCNC(=O)C2)cc1F. The molecule has 0 saturated carbocycles. The summed E-state index contributed by atoms with van der Waals surface area (Å²) in [7, 11) is 3.54. The number of carbonyl (C=O) groups excluding carboxylic acids is 2. The van der Waals surface area contributed by atoms with Crippen LogP contribution in [0.5, 0.6) is 0 Å². The topological polar surface area (TPSA) is 61.4 Å².